The van der Waals surface area contributed by atoms with E-state index in [2.05, 4.69) is 33.8 Å². The van der Waals surface area contributed by atoms with E-state index in [1.165, 1.54) is 6.42 Å². The monoisotopic (exact) mass is 306 g/mol. The van der Waals surface area contributed by atoms with Crippen molar-refractivity contribution in [3.63, 3.8) is 0 Å². The molecule has 19 heavy (non-hydrogen) atoms. The van der Waals surface area contributed by atoms with Gasteiger partial charge in [0.25, 0.3) is 0 Å². The first-order valence-electron chi connectivity index (χ1n) is 7.24. The van der Waals surface area contributed by atoms with Gasteiger partial charge in [-0.15, -0.1) is 0 Å². The van der Waals surface area contributed by atoms with Crippen molar-refractivity contribution in [2.24, 2.45) is 5.50 Å². The molecule has 2 atom stereocenters. The van der Waals surface area contributed by atoms with Crippen LogP contribution in [0.4, 0.5) is 0 Å². The Morgan fingerprint density at radius 3 is 2.37 bits per heavy atom. The molecule has 2 N–H and O–H groups in total. The summed E-state index contributed by atoms with van der Waals surface area (Å²) in [5, 5.41) is 8.74. The second-order valence-electron chi connectivity index (χ2n) is 6.39. The van der Waals surface area contributed by atoms with E-state index in [-0.39, 0.29) is 12.3 Å². The maximum absolute atomic E-state index is 8.74. The van der Waals surface area contributed by atoms with E-state index in [0.29, 0.717) is 11.3 Å². The van der Waals surface area contributed by atoms with Gasteiger partial charge in [-0.1, -0.05) is 0 Å². The number of nitriles is 1. The quantitative estimate of drug-likeness (QED) is 0.610. The van der Waals surface area contributed by atoms with Gasteiger partial charge in [0.2, 0.25) is 0 Å². The molecule has 1 saturated heterocycles. The first kappa shape index (κ1) is 17.2. The number of ether oxygens (including phenoxy) is 1. The molecule has 0 spiro atoms. The third-order valence-electron chi connectivity index (χ3n) is 5.15. The fourth-order valence-electron chi connectivity index (χ4n) is 3.54. The van der Waals surface area contributed by atoms with E-state index in [1.54, 1.807) is 0 Å². The van der Waals surface area contributed by atoms with Crippen LogP contribution in [0.3, 0.4) is 0 Å². The summed E-state index contributed by atoms with van der Waals surface area (Å²) in [6.45, 7) is 6.45. The molecule has 5 heteroatoms. The van der Waals surface area contributed by atoms with Gasteiger partial charge in [0, 0.05) is 0 Å². The molecule has 0 aromatic heterocycles. The van der Waals surface area contributed by atoms with Gasteiger partial charge >= 0.3 is 122 Å². The summed E-state index contributed by atoms with van der Waals surface area (Å²) in [5.74, 6) is 0.0515. The molecule has 1 aliphatic heterocycles. The third kappa shape index (κ3) is 2.93. The van der Waals surface area contributed by atoms with Crippen LogP contribution in [0, 0.1) is 11.3 Å². The summed E-state index contributed by atoms with van der Waals surface area (Å²) in [6.07, 6.45) is 4.63. The average Bonchev–Trinajstić information content (AvgIpc) is 2.32. The van der Waals surface area contributed by atoms with Crippen LogP contribution in [-0.2, 0) is 4.74 Å². The number of hydrogen-bond acceptors (Lipinski definition) is 3. The molecule has 1 heterocycles. The van der Waals surface area contributed by atoms with Crippen LogP contribution in [-0.4, -0.2) is 28.9 Å². The number of hydrogen-bond donors (Lipinski definition) is 1. The Kier molecular flexibility index (Phi) is 5.67. The molecule has 1 fully saturated rings. The van der Waals surface area contributed by atoms with Crippen LogP contribution >= 0.6 is 18.4 Å². The van der Waals surface area contributed by atoms with Gasteiger partial charge in [-0.05, 0) is 0 Å². The van der Waals surface area contributed by atoms with E-state index in [0.717, 1.165) is 19.0 Å². The minimum atomic E-state index is -2.47. The van der Waals surface area contributed by atoms with Crippen LogP contribution in [0.5, 0.6) is 0 Å². The molecule has 1 aliphatic rings. The standard InChI is InChI=1S/C14H28ClN2OP/c1-11(2)19(17,12(3)4)10-6-5-7-14(19)18-13(15)8-9-16/h11-14H,5-8,10,17H2,1-4H3. The van der Waals surface area contributed by atoms with E-state index < -0.39 is 12.3 Å². The molecule has 3 nitrogen and oxygen atoms in total. The third-order valence-corrected chi connectivity index (χ3v) is 13.6. The van der Waals surface area contributed by atoms with Crippen molar-refractivity contribution < 1.29 is 4.74 Å². The van der Waals surface area contributed by atoms with E-state index in [4.69, 9.17) is 27.1 Å². The molecule has 0 amide bonds. The number of rotatable bonds is 5. The summed E-state index contributed by atoms with van der Waals surface area (Å²) in [4.78, 5) is 0. The molecule has 112 valence electrons. The van der Waals surface area contributed by atoms with Crippen LogP contribution < -0.4 is 5.50 Å². The van der Waals surface area contributed by atoms with Crippen LogP contribution in [0.25, 0.3) is 0 Å². The van der Waals surface area contributed by atoms with Crippen molar-refractivity contribution in [2.75, 3.05) is 6.16 Å². The van der Waals surface area contributed by atoms with Gasteiger partial charge in [0.05, 0.1) is 0 Å². The SMILES string of the molecule is CC(C)P1(N)(C(C)C)CCCCC1OC(Cl)CC#N. The van der Waals surface area contributed by atoms with E-state index in [1.807, 2.05) is 0 Å². The fourth-order valence-corrected chi connectivity index (χ4v) is 9.86. The van der Waals surface area contributed by atoms with E-state index in [9.17, 15) is 0 Å². The normalized spacial score (nSPS) is 29.4. The minimum absolute atomic E-state index is 0.0515. The Bertz CT molecular complexity index is 346. The van der Waals surface area contributed by atoms with Crippen molar-refractivity contribution in [1.82, 2.24) is 0 Å². The summed E-state index contributed by atoms with van der Waals surface area (Å²) in [6, 6.07) is 2.07. The Balaban J connectivity index is 3.07. The number of nitrogens with two attached hydrogens (primary N) is 1. The van der Waals surface area contributed by atoms with Gasteiger partial charge in [0.1, 0.15) is 0 Å². The predicted octanol–water partition coefficient (Wildman–Crippen LogP) is 4.24. The summed E-state index contributed by atoms with van der Waals surface area (Å²) >= 11 is 6.13. The van der Waals surface area contributed by atoms with Gasteiger partial charge in [-0.2, -0.15) is 0 Å². The van der Waals surface area contributed by atoms with Crippen LogP contribution in [0.2, 0.25) is 0 Å². The van der Waals surface area contributed by atoms with Gasteiger partial charge < -0.3 is 0 Å². The second kappa shape index (κ2) is 6.27. The van der Waals surface area contributed by atoms with Crippen molar-refractivity contribution in [1.29, 1.82) is 5.26 Å². The Morgan fingerprint density at radius 2 is 1.89 bits per heavy atom. The predicted molar refractivity (Wildman–Crippen MR) is 84.8 cm³/mol. The molecule has 0 bridgehead atoms. The van der Waals surface area contributed by atoms with Crippen molar-refractivity contribution in [2.45, 2.75) is 76.1 Å². The van der Waals surface area contributed by atoms with Crippen molar-refractivity contribution in [3.8, 4) is 6.07 Å². The molecule has 0 aromatic carbocycles. The summed E-state index contributed by atoms with van der Waals surface area (Å²) in [7, 11) is 0. The first-order valence-corrected chi connectivity index (χ1v) is 10.4. The second-order valence-corrected chi connectivity index (χ2v) is 13.2. The Morgan fingerprint density at radius 1 is 1.32 bits per heavy atom. The molecular formula is C14H28ClN2OP. The molecule has 2 unspecified atom stereocenters. The van der Waals surface area contributed by atoms with Crippen molar-refractivity contribution in [3.05, 3.63) is 0 Å². The topological polar surface area (TPSA) is 59.0 Å². The molecule has 0 radical (unpaired) electrons. The number of nitrogens with zero attached hydrogens (tertiary/aromatic N) is 1. The Labute approximate surface area is 122 Å². The number of halogens is 1. The van der Waals surface area contributed by atoms with Gasteiger partial charge in [-0.3, -0.25) is 0 Å². The molecule has 0 saturated carbocycles. The van der Waals surface area contributed by atoms with E-state index >= 15 is 0 Å². The molecular weight excluding hydrogens is 279 g/mol. The van der Waals surface area contributed by atoms with Gasteiger partial charge in [-0.25, -0.2) is 0 Å². The summed E-state index contributed by atoms with van der Waals surface area (Å²) in [5.41, 5.74) is 7.46. The zero-order valence-electron chi connectivity index (χ0n) is 12.6. The zero-order valence-corrected chi connectivity index (χ0v) is 14.3. The zero-order chi connectivity index (χ0) is 14.7. The fraction of sp³-hybridized carbons (Fsp3) is 0.929. The average molecular weight is 307 g/mol. The summed E-state index contributed by atoms with van der Waals surface area (Å²) < 4.78 is 6.05. The van der Waals surface area contributed by atoms with Crippen LogP contribution in [0.1, 0.15) is 53.4 Å². The Hall–Kier alpha value is 0.130. The molecule has 0 aliphatic carbocycles. The van der Waals surface area contributed by atoms with Crippen molar-refractivity contribution >= 4 is 18.4 Å². The molecule has 1 rings (SSSR count). The first-order chi connectivity index (χ1) is 8.76. The molecule has 0 aromatic rings. The maximum atomic E-state index is 8.74. The number of alkyl halides is 1. The van der Waals surface area contributed by atoms with Crippen LogP contribution in [0.15, 0.2) is 0 Å². The van der Waals surface area contributed by atoms with Gasteiger partial charge in [0.15, 0.2) is 0 Å².